The second-order valence-electron chi connectivity index (χ2n) is 5.23. The van der Waals surface area contributed by atoms with Crippen LogP contribution in [-0.4, -0.2) is 62.1 Å². The fourth-order valence-corrected chi connectivity index (χ4v) is 3.28. The van der Waals surface area contributed by atoms with Gasteiger partial charge in [-0.2, -0.15) is 11.8 Å². The molecule has 0 saturated carbocycles. The Kier molecular flexibility index (Phi) is 6.95. The summed E-state index contributed by atoms with van der Waals surface area (Å²) in [6, 6.07) is 0. The highest BCUT2D eigenvalue weighted by atomic mass is 32.2. The summed E-state index contributed by atoms with van der Waals surface area (Å²) in [4.78, 5) is 2.50. The maximum Gasteiger partial charge on any atom is 0.158 e. The third-order valence-electron chi connectivity index (χ3n) is 4.11. The van der Waals surface area contributed by atoms with Crippen molar-refractivity contribution in [2.45, 2.75) is 43.3 Å². The third kappa shape index (κ3) is 4.10. The quantitative estimate of drug-likeness (QED) is 0.715. The molecule has 1 rings (SSSR count). The number of thioether (sulfide) groups is 1. The van der Waals surface area contributed by atoms with E-state index in [2.05, 4.69) is 18.1 Å². The maximum atomic E-state index is 6.00. The van der Waals surface area contributed by atoms with Gasteiger partial charge in [0, 0.05) is 38.0 Å². The van der Waals surface area contributed by atoms with Crippen molar-refractivity contribution in [1.29, 1.82) is 0 Å². The molecular formula is C13H28N2O2S. The average molecular weight is 276 g/mol. The van der Waals surface area contributed by atoms with E-state index in [-0.39, 0.29) is 11.8 Å². The maximum absolute atomic E-state index is 6.00. The Bertz CT molecular complexity index is 231. The summed E-state index contributed by atoms with van der Waals surface area (Å²) in [5.41, 5.74) is 5.98. The van der Waals surface area contributed by atoms with Crippen LogP contribution in [0.1, 0.15) is 26.2 Å². The molecule has 0 bridgehead atoms. The van der Waals surface area contributed by atoms with Crippen molar-refractivity contribution < 1.29 is 9.47 Å². The molecular weight excluding hydrogens is 248 g/mol. The highest BCUT2D eigenvalue weighted by Crippen LogP contribution is 2.29. The van der Waals surface area contributed by atoms with E-state index >= 15 is 0 Å². The Morgan fingerprint density at radius 2 is 1.89 bits per heavy atom. The van der Waals surface area contributed by atoms with E-state index in [4.69, 9.17) is 15.2 Å². The van der Waals surface area contributed by atoms with E-state index in [0.29, 0.717) is 6.54 Å². The van der Waals surface area contributed by atoms with Crippen LogP contribution in [0.3, 0.4) is 0 Å². The number of hydrogen-bond donors (Lipinski definition) is 1. The molecule has 1 heterocycles. The van der Waals surface area contributed by atoms with Gasteiger partial charge in [0.15, 0.2) is 6.29 Å². The minimum Gasteiger partial charge on any atom is -0.356 e. The van der Waals surface area contributed by atoms with Gasteiger partial charge in [-0.1, -0.05) is 0 Å². The molecule has 1 atom stereocenters. The van der Waals surface area contributed by atoms with E-state index < -0.39 is 0 Å². The fourth-order valence-electron chi connectivity index (χ4n) is 2.59. The van der Waals surface area contributed by atoms with E-state index in [0.717, 1.165) is 24.8 Å². The molecule has 0 aromatic rings. The van der Waals surface area contributed by atoms with Crippen LogP contribution in [0.15, 0.2) is 0 Å². The summed E-state index contributed by atoms with van der Waals surface area (Å²) >= 11 is 1.98. The lowest BCUT2D eigenvalue weighted by atomic mass is 9.92. The largest absolute Gasteiger partial charge is 0.356 e. The minimum absolute atomic E-state index is 0.0277. The van der Waals surface area contributed by atoms with Gasteiger partial charge >= 0.3 is 0 Å². The number of nitrogens with zero attached hydrogens (tertiary/aromatic N) is 1. The van der Waals surface area contributed by atoms with Gasteiger partial charge in [-0.25, -0.2) is 0 Å². The number of nitrogens with two attached hydrogens (primary N) is 1. The van der Waals surface area contributed by atoms with E-state index in [1.165, 1.54) is 12.8 Å². The SMILES string of the molecule is COC(CC(C)(CN)N1CCC(SC)CC1)OC. The van der Waals surface area contributed by atoms with Crippen LogP contribution in [0.5, 0.6) is 0 Å². The van der Waals surface area contributed by atoms with Gasteiger partial charge in [-0.15, -0.1) is 0 Å². The average Bonchev–Trinajstić information content (AvgIpc) is 2.44. The molecule has 0 spiro atoms. The van der Waals surface area contributed by atoms with Gasteiger partial charge in [0.05, 0.1) is 0 Å². The normalized spacial score (nSPS) is 22.3. The van der Waals surface area contributed by atoms with Crippen LogP contribution in [-0.2, 0) is 9.47 Å². The number of likely N-dealkylation sites (tertiary alicyclic amines) is 1. The van der Waals surface area contributed by atoms with E-state index in [1.807, 2.05) is 11.8 Å². The number of piperidine rings is 1. The predicted octanol–water partition coefficient (Wildman–Crippen LogP) is 1.54. The Labute approximate surface area is 116 Å². The molecule has 5 heteroatoms. The van der Waals surface area contributed by atoms with Crippen molar-refractivity contribution in [3.8, 4) is 0 Å². The first-order chi connectivity index (χ1) is 8.59. The molecule has 0 amide bonds. The molecule has 0 radical (unpaired) electrons. The predicted molar refractivity (Wildman–Crippen MR) is 78.0 cm³/mol. The number of hydrogen-bond acceptors (Lipinski definition) is 5. The molecule has 1 aliphatic rings. The van der Waals surface area contributed by atoms with Gasteiger partial charge in [0.1, 0.15) is 0 Å². The van der Waals surface area contributed by atoms with Crippen molar-refractivity contribution in [3.63, 3.8) is 0 Å². The Morgan fingerprint density at radius 1 is 1.33 bits per heavy atom. The van der Waals surface area contributed by atoms with Gasteiger partial charge in [0.25, 0.3) is 0 Å². The summed E-state index contributed by atoms with van der Waals surface area (Å²) in [5, 5.41) is 0.809. The number of ether oxygens (including phenoxy) is 2. The molecule has 0 aromatic carbocycles. The van der Waals surface area contributed by atoms with Crippen molar-refractivity contribution in [1.82, 2.24) is 4.90 Å². The molecule has 0 aliphatic carbocycles. The third-order valence-corrected chi connectivity index (χ3v) is 5.25. The fraction of sp³-hybridized carbons (Fsp3) is 1.00. The van der Waals surface area contributed by atoms with Crippen LogP contribution < -0.4 is 5.73 Å². The summed E-state index contributed by atoms with van der Waals surface area (Å²) in [7, 11) is 3.37. The molecule has 4 nitrogen and oxygen atoms in total. The van der Waals surface area contributed by atoms with Gasteiger partial charge < -0.3 is 15.2 Å². The highest BCUT2D eigenvalue weighted by Gasteiger charge is 2.35. The molecule has 1 aliphatic heterocycles. The van der Waals surface area contributed by atoms with Crippen LogP contribution >= 0.6 is 11.8 Å². The van der Waals surface area contributed by atoms with Crippen molar-refractivity contribution in [2.24, 2.45) is 5.73 Å². The molecule has 2 N–H and O–H groups in total. The zero-order valence-electron chi connectivity index (χ0n) is 12.1. The lowest BCUT2D eigenvalue weighted by Crippen LogP contribution is -2.56. The standard InChI is InChI=1S/C13H28N2O2S/c1-13(10-14,9-12(16-2)17-3)15-7-5-11(18-4)6-8-15/h11-12H,5-10,14H2,1-4H3. The molecule has 18 heavy (non-hydrogen) atoms. The Morgan fingerprint density at radius 3 is 2.28 bits per heavy atom. The summed E-state index contributed by atoms with van der Waals surface area (Å²) < 4.78 is 10.6. The second kappa shape index (κ2) is 7.70. The number of methoxy groups -OCH3 is 2. The summed E-state index contributed by atoms with van der Waals surface area (Å²) in [6.07, 6.45) is 5.36. The van der Waals surface area contributed by atoms with Crippen LogP contribution in [0.2, 0.25) is 0 Å². The second-order valence-corrected chi connectivity index (χ2v) is 6.37. The first-order valence-electron chi connectivity index (χ1n) is 6.63. The first-order valence-corrected chi connectivity index (χ1v) is 7.92. The minimum atomic E-state index is -0.170. The lowest BCUT2D eigenvalue weighted by Gasteiger charge is -2.45. The lowest BCUT2D eigenvalue weighted by molar-refractivity contribution is -0.129. The van der Waals surface area contributed by atoms with Gasteiger partial charge in [-0.3, -0.25) is 4.90 Å². The monoisotopic (exact) mass is 276 g/mol. The molecule has 0 aromatic heterocycles. The van der Waals surface area contributed by atoms with E-state index in [1.54, 1.807) is 14.2 Å². The zero-order chi connectivity index (χ0) is 13.6. The van der Waals surface area contributed by atoms with Crippen molar-refractivity contribution in [2.75, 3.05) is 40.1 Å². The topological polar surface area (TPSA) is 47.7 Å². The van der Waals surface area contributed by atoms with Gasteiger partial charge in [0.2, 0.25) is 0 Å². The molecule has 1 saturated heterocycles. The van der Waals surface area contributed by atoms with Crippen LogP contribution in [0.4, 0.5) is 0 Å². The van der Waals surface area contributed by atoms with Crippen LogP contribution in [0.25, 0.3) is 0 Å². The molecule has 1 unspecified atom stereocenters. The molecule has 108 valence electrons. The number of rotatable bonds is 7. The summed E-state index contributed by atoms with van der Waals surface area (Å²) in [6.45, 7) is 5.11. The smallest absolute Gasteiger partial charge is 0.158 e. The highest BCUT2D eigenvalue weighted by molar-refractivity contribution is 7.99. The van der Waals surface area contributed by atoms with Crippen molar-refractivity contribution >= 4 is 11.8 Å². The van der Waals surface area contributed by atoms with Gasteiger partial charge in [-0.05, 0) is 39.1 Å². The summed E-state index contributed by atoms with van der Waals surface area (Å²) in [5.74, 6) is 0. The Hall–Kier alpha value is 0.190. The molecule has 1 fully saturated rings. The first kappa shape index (κ1) is 16.2. The Balaban J connectivity index is 2.58. The van der Waals surface area contributed by atoms with Crippen molar-refractivity contribution in [3.05, 3.63) is 0 Å². The van der Waals surface area contributed by atoms with Crippen LogP contribution in [0, 0.1) is 0 Å². The van der Waals surface area contributed by atoms with E-state index in [9.17, 15) is 0 Å². The zero-order valence-corrected chi connectivity index (χ0v) is 13.0.